The van der Waals surface area contributed by atoms with Crippen molar-refractivity contribution in [2.24, 2.45) is 0 Å². The Kier molecular flexibility index (Phi) is 3.78. The van der Waals surface area contributed by atoms with E-state index in [1.54, 1.807) is 18.2 Å². The van der Waals surface area contributed by atoms with Crippen molar-refractivity contribution in [3.63, 3.8) is 0 Å². The Morgan fingerprint density at radius 2 is 1.60 bits per heavy atom. The van der Waals surface area contributed by atoms with Gasteiger partial charge in [-0.15, -0.1) is 10.2 Å². The van der Waals surface area contributed by atoms with E-state index in [-0.39, 0.29) is 0 Å². The van der Waals surface area contributed by atoms with Crippen molar-refractivity contribution in [2.45, 2.75) is 0 Å². The normalized spacial score (nSPS) is 10.8. The van der Waals surface area contributed by atoms with Gasteiger partial charge in [0, 0.05) is 10.0 Å². The second kappa shape index (κ2) is 5.56. The molecular formula is C14H7BrCl2N2O. The van der Waals surface area contributed by atoms with Crippen LogP contribution >= 0.6 is 39.1 Å². The summed E-state index contributed by atoms with van der Waals surface area (Å²) in [5, 5.41) is 8.90. The van der Waals surface area contributed by atoms with Crippen LogP contribution in [0.3, 0.4) is 0 Å². The minimum Gasteiger partial charge on any atom is -0.416 e. The molecule has 3 rings (SSSR count). The Bertz CT molecular complexity index is 756. The molecule has 2 aromatic carbocycles. The van der Waals surface area contributed by atoms with Crippen LogP contribution in [-0.4, -0.2) is 10.2 Å². The summed E-state index contributed by atoms with van der Waals surface area (Å²) in [5.41, 5.74) is 1.46. The van der Waals surface area contributed by atoms with Crippen molar-refractivity contribution in [3.05, 3.63) is 57.0 Å². The van der Waals surface area contributed by atoms with Gasteiger partial charge >= 0.3 is 0 Å². The summed E-state index contributed by atoms with van der Waals surface area (Å²) >= 11 is 15.5. The van der Waals surface area contributed by atoms with Crippen molar-refractivity contribution < 1.29 is 4.42 Å². The van der Waals surface area contributed by atoms with Gasteiger partial charge in [-0.3, -0.25) is 0 Å². The first-order valence-electron chi connectivity index (χ1n) is 5.69. The lowest BCUT2D eigenvalue weighted by Crippen LogP contribution is -1.80. The molecule has 0 fully saturated rings. The molecule has 6 heteroatoms. The Morgan fingerprint density at radius 1 is 0.900 bits per heavy atom. The molecule has 0 aliphatic rings. The van der Waals surface area contributed by atoms with E-state index in [2.05, 4.69) is 26.1 Å². The third-order valence-electron chi connectivity index (χ3n) is 2.70. The van der Waals surface area contributed by atoms with Gasteiger partial charge in [-0.2, -0.15) is 0 Å². The van der Waals surface area contributed by atoms with Gasteiger partial charge < -0.3 is 4.42 Å². The van der Waals surface area contributed by atoms with E-state index in [4.69, 9.17) is 27.6 Å². The third kappa shape index (κ3) is 2.59. The van der Waals surface area contributed by atoms with E-state index in [0.29, 0.717) is 27.4 Å². The van der Waals surface area contributed by atoms with Crippen LogP contribution in [0.2, 0.25) is 10.0 Å². The Labute approximate surface area is 133 Å². The molecule has 0 aliphatic carbocycles. The van der Waals surface area contributed by atoms with Crippen LogP contribution in [-0.2, 0) is 0 Å². The number of benzene rings is 2. The highest BCUT2D eigenvalue weighted by molar-refractivity contribution is 9.10. The molecule has 0 unspecified atom stereocenters. The zero-order chi connectivity index (χ0) is 14.1. The highest BCUT2D eigenvalue weighted by atomic mass is 79.9. The summed E-state index contributed by atoms with van der Waals surface area (Å²) in [7, 11) is 0. The fourth-order valence-electron chi connectivity index (χ4n) is 1.71. The summed E-state index contributed by atoms with van der Waals surface area (Å²) in [4.78, 5) is 0. The van der Waals surface area contributed by atoms with E-state index < -0.39 is 0 Å². The standard InChI is InChI=1S/C14H7BrCl2N2O/c15-9-6-4-8(5-7-9)13-18-19-14(20-13)10-2-1-3-11(16)12(10)17/h1-7H. The van der Waals surface area contributed by atoms with Crippen molar-refractivity contribution in [1.82, 2.24) is 10.2 Å². The average Bonchev–Trinajstić information content (AvgIpc) is 2.92. The predicted octanol–water partition coefficient (Wildman–Crippen LogP) is 5.47. The van der Waals surface area contributed by atoms with Crippen LogP contribution in [0.4, 0.5) is 0 Å². The summed E-state index contributed by atoms with van der Waals surface area (Å²) in [5.74, 6) is 0.777. The van der Waals surface area contributed by atoms with Crippen LogP contribution < -0.4 is 0 Å². The number of halogens is 3. The van der Waals surface area contributed by atoms with Gasteiger partial charge in [0.05, 0.1) is 15.6 Å². The largest absolute Gasteiger partial charge is 0.416 e. The van der Waals surface area contributed by atoms with Crippen LogP contribution in [0.25, 0.3) is 22.9 Å². The second-order valence-electron chi connectivity index (χ2n) is 4.02. The number of rotatable bonds is 2. The van der Waals surface area contributed by atoms with E-state index >= 15 is 0 Å². The van der Waals surface area contributed by atoms with Crippen molar-refractivity contribution in [1.29, 1.82) is 0 Å². The molecule has 0 spiro atoms. The summed E-state index contributed by atoms with van der Waals surface area (Å²) in [6.07, 6.45) is 0. The fraction of sp³-hybridized carbons (Fsp3) is 0. The first-order valence-corrected chi connectivity index (χ1v) is 7.24. The molecule has 0 bridgehead atoms. The molecule has 3 nitrogen and oxygen atoms in total. The molecule has 0 aliphatic heterocycles. The number of nitrogens with zero attached hydrogens (tertiary/aromatic N) is 2. The maximum absolute atomic E-state index is 6.14. The molecule has 0 radical (unpaired) electrons. The highest BCUT2D eigenvalue weighted by Gasteiger charge is 2.14. The van der Waals surface area contributed by atoms with E-state index in [1.165, 1.54) is 0 Å². The SMILES string of the molecule is Clc1cccc(-c2nnc(-c3ccc(Br)cc3)o2)c1Cl. The molecular weight excluding hydrogens is 363 g/mol. The monoisotopic (exact) mass is 368 g/mol. The van der Waals surface area contributed by atoms with Gasteiger partial charge in [0.2, 0.25) is 11.8 Å². The van der Waals surface area contributed by atoms with E-state index in [1.807, 2.05) is 24.3 Å². The minimum atomic E-state index is 0.343. The molecule has 0 amide bonds. The molecule has 0 N–H and O–H groups in total. The lowest BCUT2D eigenvalue weighted by molar-refractivity contribution is 0.584. The van der Waals surface area contributed by atoms with Crippen LogP contribution in [0.1, 0.15) is 0 Å². The van der Waals surface area contributed by atoms with Gasteiger partial charge in [-0.1, -0.05) is 45.2 Å². The van der Waals surface area contributed by atoms with Gasteiger partial charge in [0.15, 0.2) is 0 Å². The fourth-order valence-corrected chi connectivity index (χ4v) is 2.36. The van der Waals surface area contributed by atoms with Crippen LogP contribution in [0.15, 0.2) is 51.4 Å². The van der Waals surface area contributed by atoms with Crippen molar-refractivity contribution in [3.8, 4) is 22.9 Å². The first-order chi connectivity index (χ1) is 9.65. The highest BCUT2D eigenvalue weighted by Crippen LogP contribution is 2.33. The predicted molar refractivity (Wildman–Crippen MR) is 82.9 cm³/mol. The third-order valence-corrected chi connectivity index (χ3v) is 4.05. The zero-order valence-electron chi connectivity index (χ0n) is 9.98. The number of hydrogen-bond acceptors (Lipinski definition) is 3. The van der Waals surface area contributed by atoms with E-state index in [0.717, 1.165) is 10.0 Å². The van der Waals surface area contributed by atoms with Gasteiger partial charge in [0.1, 0.15) is 0 Å². The molecule has 0 saturated carbocycles. The van der Waals surface area contributed by atoms with Crippen molar-refractivity contribution in [2.75, 3.05) is 0 Å². The van der Waals surface area contributed by atoms with E-state index in [9.17, 15) is 0 Å². The molecule has 1 heterocycles. The topological polar surface area (TPSA) is 38.9 Å². The summed E-state index contributed by atoms with van der Waals surface area (Å²) < 4.78 is 6.64. The number of aromatic nitrogens is 2. The molecule has 20 heavy (non-hydrogen) atoms. The Morgan fingerprint density at radius 3 is 2.35 bits per heavy atom. The molecule has 1 aromatic heterocycles. The average molecular weight is 370 g/mol. The molecule has 100 valence electrons. The van der Waals surface area contributed by atoms with Crippen LogP contribution in [0, 0.1) is 0 Å². The Hall–Kier alpha value is -1.36. The maximum Gasteiger partial charge on any atom is 0.249 e. The smallest absolute Gasteiger partial charge is 0.249 e. The Balaban J connectivity index is 2.02. The summed E-state index contributed by atoms with van der Waals surface area (Å²) in [6, 6.07) is 12.9. The minimum absolute atomic E-state index is 0.343. The van der Waals surface area contributed by atoms with Gasteiger partial charge in [0.25, 0.3) is 0 Å². The maximum atomic E-state index is 6.14. The van der Waals surface area contributed by atoms with Gasteiger partial charge in [-0.05, 0) is 36.4 Å². The lowest BCUT2D eigenvalue weighted by Gasteiger charge is -2.00. The molecule has 0 atom stereocenters. The first kappa shape index (κ1) is 13.6. The molecule has 3 aromatic rings. The quantitative estimate of drug-likeness (QED) is 0.600. The zero-order valence-corrected chi connectivity index (χ0v) is 13.1. The lowest BCUT2D eigenvalue weighted by atomic mass is 10.2. The second-order valence-corrected chi connectivity index (χ2v) is 5.72. The van der Waals surface area contributed by atoms with Crippen molar-refractivity contribution >= 4 is 39.1 Å². The molecule has 0 saturated heterocycles. The van der Waals surface area contributed by atoms with Crippen LogP contribution in [0.5, 0.6) is 0 Å². The summed E-state index contributed by atoms with van der Waals surface area (Å²) in [6.45, 7) is 0. The number of hydrogen-bond donors (Lipinski definition) is 0. The van der Waals surface area contributed by atoms with Gasteiger partial charge in [-0.25, -0.2) is 0 Å².